The first kappa shape index (κ1) is 13.8. The summed E-state index contributed by atoms with van der Waals surface area (Å²) in [5, 5.41) is 4.09. The van der Waals surface area contributed by atoms with E-state index in [0.29, 0.717) is 12.2 Å². The van der Waals surface area contributed by atoms with Gasteiger partial charge in [-0.25, -0.2) is 0 Å². The molecule has 1 N–H and O–H groups in total. The maximum absolute atomic E-state index is 12.7. The van der Waals surface area contributed by atoms with Gasteiger partial charge in [0.2, 0.25) is 0 Å². The van der Waals surface area contributed by atoms with Gasteiger partial charge >= 0.3 is 0 Å². The normalized spacial score (nSPS) is 16.4. The highest BCUT2D eigenvalue weighted by atomic mass is 16.5. The lowest BCUT2D eigenvalue weighted by atomic mass is 10.00. The highest BCUT2D eigenvalue weighted by Gasteiger charge is 2.23. The highest BCUT2D eigenvalue weighted by molar-refractivity contribution is 6.05. The largest absolute Gasteiger partial charge is 0.493 e. The van der Waals surface area contributed by atoms with E-state index in [1.807, 2.05) is 54.6 Å². The van der Waals surface area contributed by atoms with Crippen LogP contribution in [0.25, 0.3) is 10.9 Å². The number of nitrogens with zero attached hydrogens (tertiary/aromatic N) is 1. The summed E-state index contributed by atoms with van der Waals surface area (Å²) in [6.45, 7) is 0.607. The number of carbonyl (C=O) groups is 1. The molecule has 0 radical (unpaired) electrons. The third-order valence-corrected chi connectivity index (χ3v) is 4.14. The quantitative estimate of drug-likeness (QED) is 0.788. The molecule has 1 aliphatic rings. The second-order valence-electron chi connectivity index (χ2n) is 5.58. The minimum Gasteiger partial charge on any atom is -0.493 e. The lowest BCUT2D eigenvalue weighted by Gasteiger charge is -2.26. The Morgan fingerprint density at radius 3 is 2.91 bits per heavy atom. The second-order valence-corrected chi connectivity index (χ2v) is 5.58. The van der Waals surface area contributed by atoms with E-state index in [1.54, 1.807) is 6.20 Å². The number of nitrogens with one attached hydrogen (secondary N) is 1. The maximum atomic E-state index is 12.7. The summed E-state index contributed by atoms with van der Waals surface area (Å²) >= 11 is 0. The summed E-state index contributed by atoms with van der Waals surface area (Å²) in [4.78, 5) is 17.1. The molecule has 0 saturated carbocycles. The number of hydrogen-bond donors (Lipinski definition) is 1. The van der Waals surface area contributed by atoms with Crippen LogP contribution in [0.15, 0.2) is 60.8 Å². The Balaban J connectivity index is 1.66. The zero-order valence-electron chi connectivity index (χ0n) is 12.5. The Morgan fingerprint density at radius 1 is 1.09 bits per heavy atom. The summed E-state index contributed by atoms with van der Waals surface area (Å²) in [6.07, 6.45) is 2.48. The molecule has 4 rings (SSSR count). The van der Waals surface area contributed by atoms with Gasteiger partial charge in [0.05, 0.1) is 23.7 Å². The van der Waals surface area contributed by atoms with Gasteiger partial charge in [0.1, 0.15) is 5.75 Å². The molecule has 0 saturated heterocycles. The van der Waals surface area contributed by atoms with E-state index < -0.39 is 0 Å². The first-order chi connectivity index (χ1) is 11.3. The number of ether oxygens (including phenoxy) is 1. The SMILES string of the molecule is O=C(NC1CCOc2ccccc21)c1cccc2cccnc12. The Kier molecular flexibility index (Phi) is 3.42. The monoisotopic (exact) mass is 304 g/mol. The van der Waals surface area contributed by atoms with Crippen LogP contribution in [0.4, 0.5) is 0 Å². The van der Waals surface area contributed by atoms with Gasteiger partial charge in [-0.2, -0.15) is 0 Å². The molecule has 0 spiro atoms. The van der Waals surface area contributed by atoms with E-state index in [1.165, 1.54) is 0 Å². The minimum absolute atomic E-state index is 0.0357. The predicted molar refractivity (Wildman–Crippen MR) is 88.5 cm³/mol. The molecular formula is C19H16N2O2. The molecule has 1 atom stereocenters. The number of aromatic nitrogens is 1. The van der Waals surface area contributed by atoms with Gasteiger partial charge < -0.3 is 10.1 Å². The molecule has 114 valence electrons. The molecule has 0 aliphatic carbocycles. The van der Waals surface area contributed by atoms with E-state index >= 15 is 0 Å². The number of carbonyl (C=O) groups excluding carboxylic acids is 1. The molecule has 1 unspecified atom stereocenters. The van der Waals surface area contributed by atoms with Crippen LogP contribution in [0.2, 0.25) is 0 Å². The van der Waals surface area contributed by atoms with Gasteiger partial charge in [-0.1, -0.05) is 36.4 Å². The van der Waals surface area contributed by atoms with Crippen LogP contribution in [0, 0.1) is 0 Å². The van der Waals surface area contributed by atoms with Crippen molar-refractivity contribution in [2.75, 3.05) is 6.61 Å². The molecule has 1 aromatic heterocycles. The van der Waals surface area contributed by atoms with Crippen LogP contribution in [0.5, 0.6) is 5.75 Å². The number of amides is 1. The van der Waals surface area contributed by atoms with E-state index in [4.69, 9.17) is 4.74 Å². The first-order valence-corrected chi connectivity index (χ1v) is 7.69. The van der Waals surface area contributed by atoms with Crippen molar-refractivity contribution >= 4 is 16.8 Å². The molecule has 0 fully saturated rings. The Hall–Kier alpha value is -2.88. The zero-order valence-corrected chi connectivity index (χ0v) is 12.5. The van der Waals surface area contributed by atoms with E-state index in [-0.39, 0.29) is 11.9 Å². The van der Waals surface area contributed by atoms with Gasteiger partial charge in [0, 0.05) is 23.6 Å². The smallest absolute Gasteiger partial charge is 0.253 e. The van der Waals surface area contributed by atoms with Gasteiger partial charge in [0.15, 0.2) is 0 Å². The zero-order chi connectivity index (χ0) is 15.6. The molecule has 23 heavy (non-hydrogen) atoms. The van der Waals surface area contributed by atoms with Crippen LogP contribution in [-0.2, 0) is 0 Å². The van der Waals surface area contributed by atoms with Crippen molar-refractivity contribution in [1.29, 1.82) is 0 Å². The lowest BCUT2D eigenvalue weighted by molar-refractivity contribution is 0.0926. The van der Waals surface area contributed by atoms with Gasteiger partial charge in [-0.05, 0) is 18.2 Å². The molecule has 1 aliphatic heterocycles. The van der Waals surface area contributed by atoms with E-state index in [2.05, 4.69) is 10.3 Å². The number of benzene rings is 2. The van der Waals surface area contributed by atoms with Gasteiger partial charge in [-0.3, -0.25) is 9.78 Å². The van der Waals surface area contributed by atoms with Crippen molar-refractivity contribution in [1.82, 2.24) is 10.3 Å². The molecule has 4 nitrogen and oxygen atoms in total. The summed E-state index contributed by atoms with van der Waals surface area (Å²) in [5.74, 6) is 0.746. The van der Waals surface area contributed by atoms with E-state index in [0.717, 1.165) is 28.6 Å². The average molecular weight is 304 g/mol. The minimum atomic E-state index is -0.101. The van der Waals surface area contributed by atoms with Crippen molar-refractivity contribution in [2.24, 2.45) is 0 Å². The lowest BCUT2D eigenvalue weighted by Crippen LogP contribution is -2.32. The molecule has 4 heteroatoms. The Morgan fingerprint density at radius 2 is 1.96 bits per heavy atom. The van der Waals surface area contributed by atoms with Gasteiger partial charge in [-0.15, -0.1) is 0 Å². The van der Waals surface area contributed by atoms with E-state index in [9.17, 15) is 4.79 Å². The summed E-state index contributed by atoms with van der Waals surface area (Å²) in [6, 6.07) is 17.3. The standard InChI is InChI=1S/C19H16N2O2/c22-19(15-8-3-5-13-6-4-11-20-18(13)15)21-16-10-12-23-17-9-2-1-7-14(16)17/h1-9,11,16H,10,12H2,(H,21,22). The van der Waals surface area contributed by atoms with Crippen LogP contribution in [0.1, 0.15) is 28.4 Å². The van der Waals surface area contributed by atoms with Crippen molar-refractivity contribution < 1.29 is 9.53 Å². The Bertz CT molecular complexity index is 871. The average Bonchev–Trinajstić information content (AvgIpc) is 2.61. The van der Waals surface area contributed by atoms with Crippen molar-refractivity contribution in [3.8, 4) is 5.75 Å². The van der Waals surface area contributed by atoms with Crippen LogP contribution in [-0.4, -0.2) is 17.5 Å². The first-order valence-electron chi connectivity index (χ1n) is 7.69. The third-order valence-electron chi connectivity index (χ3n) is 4.14. The van der Waals surface area contributed by atoms with Crippen molar-refractivity contribution in [3.63, 3.8) is 0 Å². The molecule has 3 aromatic rings. The van der Waals surface area contributed by atoms with Crippen LogP contribution < -0.4 is 10.1 Å². The second kappa shape index (κ2) is 5.72. The number of pyridine rings is 1. The molecule has 2 aromatic carbocycles. The van der Waals surface area contributed by atoms with Crippen molar-refractivity contribution in [2.45, 2.75) is 12.5 Å². The number of para-hydroxylation sites is 2. The van der Waals surface area contributed by atoms with Crippen LogP contribution >= 0.6 is 0 Å². The van der Waals surface area contributed by atoms with Crippen LogP contribution in [0.3, 0.4) is 0 Å². The highest BCUT2D eigenvalue weighted by Crippen LogP contribution is 2.31. The molecular weight excluding hydrogens is 288 g/mol. The summed E-state index contributed by atoms with van der Waals surface area (Å²) < 4.78 is 5.65. The molecule has 1 amide bonds. The number of rotatable bonds is 2. The Labute approximate surface area is 134 Å². The van der Waals surface area contributed by atoms with Crippen molar-refractivity contribution in [3.05, 3.63) is 71.9 Å². The predicted octanol–water partition coefficient (Wildman–Crippen LogP) is 3.49. The molecule has 2 heterocycles. The summed E-state index contributed by atoms with van der Waals surface area (Å²) in [7, 11) is 0. The molecule has 0 bridgehead atoms. The topological polar surface area (TPSA) is 51.2 Å². The fourth-order valence-electron chi connectivity index (χ4n) is 3.02. The summed E-state index contributed by atoms with van der Waals surface area (Å²) in [5.41, 5.74) is 2.36. The van der Waals surface area contributed by atoms with Gasteiger partial charge in [0.25, 0.3) is 5.91 Å². The third kappa shape index (κ3) is 2.52. The fraction of sp³-hybridized carbons (Fsp3) is 0.158. The maximum Gasteiger partial charge on any atom is 0.253 e. The number of fused-ring (bicyclic) bond motifs is 2. The fourth-order valence-corrected chi connectivity index (χ4v) is 3.02. The number of hydrogen-bond acceptors (Lipinski definition) is 3.